The third kappa shape index (κ3) is 2.69. The van der Waals surface area contributed by atoms with E-state index in [1.165, 1.54) is 0 Å². The number of ketones is 1. The number of nitrogens with one attached hydrogen (secondary N) is 1. The van der Waals surface area contributed by atoms with E-state index in [2.05, 4.69) is 17.3 Å². The van der Waals surface area contributed by atoms with E-state index >= 15 is 0 Å². The van der Waals surface area contributed by atoms with Gasteiger partial charge in [-0.15, -0.1) is 23.1 Å². The van der Waals surface area contributed by atoms with Gasteiger partial charge in [-0.2, -0.15) is 0 Å². The molecular weight excluding hydrogens is 290 g/mol. The summed E-state index contributed by atoms with van der Waals surface area (Å²) in [7, 11) is 2.14. The maximum Gasteiger partial charge on any atom is 0.178 e. The first-order chi connectivity index (χ1) is 9.60. The number of rotatable bonds is 5. The summed E-state index contributed by atoms with van der Waals surface area (Å²) in [6.07, 6.45) is 5.23. The lowest BCUT2D eigenvalue weighted by molar-refractivity contribution is 0.0972. The van der Waals surface area contributed by atoms with Gasteiger partial charge in [-0.25, -0.2) is 0 Å². The zero-order valence-electron chi connectivity index (χ0n) is 11.9. The molecule has 0 amide bonds. The molecule has 2 aliphatic rings. The fraction of sp³-hybridized carbons (Fsp3) is 0.643. The maximum atomic E-state index is 12.3. The summed E-state index contributed by atoms with van der Waals surface area (Å²) in [5, 5.41) is 4.67. The molecule has 1 aromatic heterocycles. The van der Waals surface area contributed by atoms with Gasteiger partial charge in [0.25, 0.3) is 0 Å². The van der Waals surface area contributed by atoms with Crippen LogP contribution in [0.15, 0.2) is 4.90 Å². The van der Waals surface area contributed by atoms with E-state index in [-0.39, 0.29) is 11.7 Å². The van der Waals surface area contributed by atoms with Crippen LogP contribution in [0.3, 0.4) is 0 Å². The standard InChI is InChI=1S/C14H21N3OS2/c1-17-6-5-9(7-17)16-14-13(19-2)10(15)12(20-14)11(18)8-3-4-8/h8-9,16H,3-7,15H2,1-2H3. The zero-order chi connectivity index (χ0) is 14.3. The minimum absolute atomic E-state index is 0.233. The predicted molar refractivity (Wildman–Crippen MR) is 87.1 cm³/mol. The number of likely N-dealkylation sites (tertiary alicyclic amines) is 1. The number of hydrogen-bond acceptors (Lipinski definition) is 6. The van der Waals surface area contributed by atoms with Crippen molar-refractivity contribution in [3.63, 3.8) is 0 Å². The molecule has 4 nitrogen and oxygen atoms in total. The monoisotopic (exact) mass is 311 g/mol. The Morgan fingerprint density at radius 3 is 2.75 bits per heavy atom. The minimum Gasteiger partial charge on any atom is -0.396 e. The molecule has 1 atom stereocenters. The third-order valence-corrected chi connectivity index (χ3v) is 6.12. The zero-order valence-corrected chi connectivity index (χ0v) is 13.6. The number of nitrogens with zero attached hydrogens (tertiary/aromatic N) is 1. The maximum absolute atomic E-state index is 12.3. The molecular formula is C14H21N3OS2. The second-order valence-electron chi connectivity index (χ2n) is 5.74. The van der Waals surface area contributed by atoms with Gasteiger partial charge >= 0.3 is 0 Å². The second-order valence-corrected chi connectivity index (χ2v) is 7.58. The molecule has 3 rings (SSSR count). The van der Waals surface area contributed by atoms with Gasteiger partial charge in [0.2, 0.25) is 0 Å². The van der Waals surface area contributed by atoms with Crippen molar-refractivity contribution in [3.8, 4) is 0 Å². The summed E-state index contributed by atoms with van der Waals surface area (Å²) in [4.78, 5) is 16.4. The Labute approximate surface area is 128 Å². The van der Waals surface area contributed by atoms with Crippen LogP contribution in [0, 0.1) is 5.92 Å². The number of carbonyl (C=O) groups excluding carboxylic acids is 1. The van der Waals surface area contributed by atoms with Gasteiger partial charge in [0.05, 0.1) is 15.5 Å². The van der Waals surface area contributed by atoms with Crippen LogP contribution in [0.5, 0.6) is 0 Å². The molecule has 1 aromatic rings. The van der Waals surface area contributed by atoms with Crippen molar-refractivity contribution in [3.05, 3.63) is 4.88 Å². The van der Waals surface area contributed by atoms with Crippen molar-refractivity contribution in [2.75, 3.05) is 37.4 Å². The topological polar surface area (TPSA) is 58.4 Å². The summed E-state index contributed by atoms with van der Waals surface area (Å²) >= 11 is 3.18. The Morgan fingerprint density at radius 1 is 1.45 bits per heavy atom. The third-order valence-electron chi connectivity index (χ3n) is 4.00. The Balaban J connectivity index is 1.82. The van der Waals surface area contributed by atoms with Gasteiger partial charge in [0, 0.05) is 18.5 Å². The number of thioether (sulfide) groups is 1. The largest absolute Gasteiger partial charge is 0.396 e. The molecule has 0 radical (unpaired) electrons. The van der Waals surface area contributed by atoms with Gasteiger partial charge in [-0.1, -0.05) is 0 Å². The van der Waals surface area contributed by atoms with Crippen molar-refractivity contribution >= 4 is 39.6 Å². The average molecular weight is 311 g/mol. The molecule has 2 heterocycles. The van der Waals surface area contributed by atoms with Crippen LogP contribution in [-0.2, 0) is 0 Å². The van der Waals surface area contributed by atoms with Crippen LogP contribution in [0.25, 0.3) is 0 Å². The fourth-order valence-corrected chi connectivity index (χ4v) is 4.80. The molecule has 1 saturated heterocycles. The van der Waals surface area contributed by atoms with Gasteiger partial charge in [-0.3, -0.25) is 4.79 Å². The van der Waals surface area contributed by atoms with Crippen LogP contribution in [0.1, 0.15) is 28.9 Å². The first-order valence-corrected chi connectivity index (χ1v) is 9.09. The predicted octanol–water partition coefficient (Wildman–Crippen LogP) is 2.76. The summed E-state index contributed by atoms with van der Waals surface area (Å²) in [5.41, 5.74) is 6.89. The first kappa shape index (κ1) is 14.2. The van der Waals surface area contributed by atoms with E-state index in [9.17, 15) is 4.79 Å². The smallest absolute Gasteiger partial charge is 0.178 e. The summed E-state index contributed by atoms with van der Waals surface area (Å²) in [6.45, 7) is 2.18. The number of nitrogens with two attached hydrogens (primary N) is 1. The molecule has 1 aliphatic carbocycles. The number of Topliss-reactive ketones (excluding diaryl/α,β-unsaturated/α-hetero) is 1. The lowest BCUT2D eigenvalue weighted by Crippen LogP contribution is -2.23. The molecule has 110 valence electrons. The Kier molecular flexibility index (Phi) is 3.97. The van der Waals surface area contributed by atoms with Crippen LogP contribution in [0.2, 0.25) is 0 Å². The van der Waals surface area contributed by atoms with E-state index in [0.29, 0.717) is 11.7 Å². The van der Waals surface area contributed by atoms with Crippen LogP contribution < -0.4 is 11.1 Å². The average Bonchev–Trinajstić information content (AvgIpc) is 3.12. The van der Waals surface area contributed by atoms with E-state index in [1.807, 2.05) is 6.26 Å². The molecule has 2 fully saturated rings. The molecule has 1 aliphatic heterocycles. The Morgan fingerprint density at radius 2 is 2.20 bits per heavy atom. The fourth-order valence-electron chi connectivity index (χ4n) is 2.68. The number of hydrogen-bond donors (Lipinski definition) is 2. The lowest BCUT2D eigenvalue weighted by atomic mass is 10.2. The highest BCUT2D eigenvalue weighted by molar-refractivity contribution is 7.99. The van der Waals surface area contributed by atoms with Crippen molar-refractivity contribution in [1.82, 2.24) is 4.90 Å². The van der Waals surface area contributed by atoms with Crippen molar-refractivity contribution in [2.45, 2.75) is 30.2 Å². The highest BCUT2D eigenvalue weighted by atomic mass is 32.2. The molecule has 6 heteroatoms. The van der Waals surface area contributed by atoms with E-state index in [1.54, 1.807) is 23.1 Å². The summed E-state index contributed by atoms with van der Waals surface area (Å²) < 4.78 is 0. The molecule has 20 heavy (non-hydrogen) atoms. The van der Waals surface area contributed by atoms with E-state index < -0.39 is 0 Å². The first-order valence-electron chi connectivity index (χ1n) is 7.05. The summed E-state index contributed by atoms with van der Waals surface area (Å²) in [5.74, 6) is 0.482. The number of anilines is 2. The van der Waals surface area contributed by atoms with E-state index in [0.717, 1.165) is 47.1 Å². The summed E-state index contributed by atoms with van der Waals surface area (Å²) in [6, 6.07) is 0.466. The van der Waals surface area contributed by atoms with Crippen molar-refractivity contribution in [1.29, 1.82) is 0 Å². The highest BCUT2D eigenvalue weighted by Crippen LogP contribution is 2.45. The quantitative estimate of drug-likeness (QED) is 0.647. The lowest BCUT2D eigenvalue weighted by Gasteiger charge is -2.13. The van der Waals surface area contributed by atoms with Gasteiger partial charge < -0.3 is 16.0 Å². The number of nitrogen functional groups attached to an aromatic ring is 1. The van der Waals surface area contributed by atoms with Gasteiger partial charge in [-0.05, 0) is 39.1 Å². The highest BCUT2D eigenvalue weighted by Gasteiger charge is 2.34. The van der Waals surface area contributed by atoms with Crippen LogP contribution in [0.4, 0.5) is 10.7 Å². The Hall–Kier alpha value is -0.720. The number of thiophene rings is 1. The van der Waals surface area contributed by atoms with E-state index in [4.69, 9.17) is 5.73 Å². The van der Waals surface area contributed by atoms with Crippen molar-refractivity contribution in [2.24, 2.45) is 5.92 Å². The van der Waals surface area contributed by atoms with Gasteiger partial charge in [0.1, 0.15) is 5.00 Å². The molecule has 3 N–H and O–H groups in total. The SMILES string of the molecule is CSc1c(NC2CCN(C)C2)sc(C(=O)C2CC2)c1N. The second kappa shape index (κ2) is 5.58. The normalized spacial score (nSPS) is 23.2. The van der Waals surface area contributed by atoms with Crippen molar-refractivity contribution < 1.29 is 4.79 Å². The minimum atomic E-state index is 0.233. The molecule has 1 unspecified atom stereocenters. The number of likely N-dealkylation sites (N-methyl/N-ethyl adjacent to an activating group) is 1. The van der Waals surface area contributed by atoms with Crippen LogP contribution in [-0.4, -0.2) is 43.1 Å². The van der Waals surface area contributed by atoms with Gasteiger partial charge in [0.15, 0.2) is 5.78 Å². The number of carbonyl (C=O) groups is 1. The molecule has 0 bridgehead atoms. The molecule has 0 spiro atoms. The Bertz CT molecular complexity index is 525. The van der Waals surface area contributed by atoms with Crippen LogP contribution >= 0.6 is 23.1 Å². The molecule has 1 saturated carbocycles. The molecule has 0 aromatic carbocycles.